The van der Waals surface area contributed by atoms with Gasteiger partial charge < -0.3 is 5.32 Å². The molecule has 0 spiro atoms. The number of amides is 1. The molecule has 5 heteroatoms. The lowest BCUT2D eigenvalue weighted by Crippen LogP contribution is -2.38. The Morgan fingerprint density at radius 2 is 2.08 bits per heavy atom. The lowest BCUT2D eigenvalue weighted by atomic mass is 9.83. The molecular formula is C19H26N4O. The average Bonchev–Trinajstić information content (AvgIpc) is 3.04. The van der Waals surface area contributed by atoms with Gasteiger partial charge in [0, 0.05) is 18.8 Å². The van der Waals surface area contributed by atoms with Crippen molar-refractivity contribution in [3.8, 4) is 0 Å². The first-order valence-electron chi connectivity index (χ1n) is 8.56. The highest BCUT2D eigenvalue weighted by molar-refractivity contribution is 5.94. The Morgan fingerprint density at radius 3 is 2.75 bits per heavy atom. The predicted octanol–water partition coefficient (Wildman–Crippen LogP) is 3.13. The highest BCUT2D eigenvalue weighted by Gasteiger charge is 2.33. The number of aryl methyl sites for hydroxylation is 3. The van der Waals surface area contributed by atoms with Crippen molar-refractivity contribution < 1.29 is 4.79 Å². The zero-order valence-electron chi connectivity index (χ0n) is 15.2. The molecule has 0 bridgehead atoms. The van der Waals surface area contributed by atoms with Gasteiger partial charge >= 0.3 is 0 Å². The van der Waals surface area contributed by atoms with Crippen LogP contribution in [-0.2, 0) is 19.9 Å². The van der Waals surface area contributed by atoms with Crippen LogP contribution in [0.1, 0.15) is 66.2 Å². The number of rotatable bonds is 3. The summed E-state index contributed by atoms with van der Waals surface area (Å²) in [6.45, 7) is 8.41. The van der Waals surface area contributed by atoms with Crippen LogP contribution in [0.25, 0.3) is 0 Å². The van der Waals surface area contributed by atoms with Gasteiger partial charge in [-0.2, -0.15) is 5.10 Å². The highest BCUT2D eigenvalue weighted by atomic mass is 16.2. The van der Waals surface area contributed by atoms with Gasteiger partial charge in [-0.25, -0.2) is 0 Å². The summed E-state index contributed by atoms with van der Waals surface area (Å²) in [5.41, 5.74) is 4.76. The van der Waals surface area contributed by atoms with Gasteiger partial charge in [-0.05, 0) is 43.2 Å². The van der Waals surface area contributed by atoms with Crippen LogP contribution < -0.4 is 5.32 Å². The largest absolute Gasteiger partial charge is 0.342 e. The minimum Gasteiger partial charge on any atom is -0.342 e. The van der Waals surface area contributed by atoms with E-state index in [2.05, 4.69) is 36.2 Å². The number of carbonyl (C=O) groups is 1. The molecule has 5 nitrogen and oxygen atoms in total. The summed E-state index contributed by atoms with van der Waals surface area (Å²) >= 11 is 0. The van der Waals surface area contributed by atoms with Crippen LogP contribution in [0, 0.1) is 12.3 Å². The molecule has 2 aromatic heterocycles. The maximum Gasteiger partial charge on any atom is 0.270 e. The van der Waals surface area contributed by atoms with Crippen LogP contribution in [0.15, 0.2) is 18.3 Å². The third kappa shape index (κ3) is 2.95. The minimum absolute atomic E-state index is 0.0573. The second kappa shape index (κ2) is 6.04. The van der Waals surface area contributed by atoms with Crippen LogP contribution in [-0.4, -0.2) is 20.7 Å². The fraction of sp³-hybridized carbons (Fsp3) is 0.526. The van der Waals surface area contributed by atoms with Crippen LogP contribution in [0.4, 0.5) is 0 Å². The smallest absolute Gasteiger partial charge is 0.270 e. The minimum atomic E-state index is -0.154. The summed E-state index contributed by atoms with van der Waals surface area (Å²) in [7, 11) is 1.85. The molecule has 1 N–H and O–H groups in total. The van der Waals surface area contributed by atoms with E-state index in [0.29, 0.717) is 5.69 Å². The van der Waals surface area contributed by atoms with Crippen LogP contribution >= 0.6 is 0 Å². The van der Waals surface area contributed by atoms with Crippen molar-refractivity contribution >= 4 is 5.91 Å². The maximum absolute atomic E-state index is 13.0. The second-order valence-electron chi connectivity index (χ2n) is 7.73. The van der Waals surface area contributed by atoms with E-state index in [1.807, 2.05) is 26.1 Å². The molecule has 0 fully saturated rings. The van der Waals surface area contributed by atoms with Crippen molar-refractivity contribution in [3.05, 3.63) is 46.5 Å². The monoisotopic (exact) mass is 326 g/mol. The third-order valence-electron chi connectivity index (χ3n) is 4.75. The highest BCUT2D eigenvalue weighted by Crippen LogP contribution is 2.34. The first-order valence-corrected chi connectivity index (χ1v) is 8.56. The molecule has 0 saturated carbocycles. The van der Waals surface area contributed by atoms with Gasteiger partial charge in [0.25, 0.3) is 5.91 Å². The Bertz CT molecular complexity index is 770. The van der Waals surface area contributed by atoms with E-state index < -0.39 is 0 Å². The van der Waals surface area contributed by atoms with Crippen molar-refractivity contribution in [2.75, 3.05) is 0 Å². The summed E-state index contributed by atoms with van der Waals surface area (Å²) in [6, 6.07) is 3.81. The quantitative estimate of drug-likeness (QED) is 0.942. The summed E-state index contributed by atoms with van der Waals surface area (Å²) in [4.78, 5) is 17.6. The molecule has 2 heterocycles. The topological polar surface area (TPSA) is 59.8 Å². The zero-order chi connectivity index (χ0) is 17.5. The first kappa shape index (κ1) is 16.7. The molecule has 1 unspecified atom stereocenters. The van der Waals surface area contributed by atoms with Gasteiger partial charge in [0.2, 0.25) is 0 Å². The zero-order valence-corrected chi connectivity index (χ0v) is 15.2. The average molecular weight is 326 g/mol. The van der Waals surface area contributed by atoms with Gasteiger partial charge in [0.15, 0.2) is 0 Å². The number of pyridine rings is 1. The van der Waals surface area contributed by atoms with E-state index in [4.69, 9.17) is 0 Å². The van der Waals surface area contributed by atoms with E-state index in [-0.39, 0.29) is 17.4 Å². The lowest BCUT2D eigenvalue weighted by Gasteiger charge is -2.32. The van der Waals surface area contributed by atoms with Gasteiger partial charge in [-0.3, -0.25) is 14.5 Å². The number of aromatic nitrogens is 3. The maximum atomic E-state index is 13.0. The van der Waals surface area contributed by atoms with E-state index in [9.17, 15) is 4.79 Å². The van der Waals surface area contributed by atoms with E-state index in [1.54, 1.807) is 10.9 Å². The number of hydrogen-bond donors (Lipinski definition) is 1. The summed E-state index contributed by atoms with van der Waals surface area (Å²) < 4.78 is 1.73. The van der Waals surface area contributed by atoms with E-state index in [1.165, 1.54) is 0 Å². The Balaban J connectivity index is 1.95. The van der Waals surface area contributed by atoms with Crippen molar-refractivity contribution in [2.24, 2.45) is 12.5 Å². The van der Waals surface area contributed by atoms with Crippen LogP contribution in [0.2, 0.25) is 0 Å². The van der Waals surface area contributed by atoms with Crippen molar-refractivity contribution in [3.63, 3.8) is 0 Å². The Hall–Kier alpha value is -2.17. The molecule has 24 heavy (non-hydrogen) atoms. The number of nitrogens with zero attached hydrogens (tertiary/aromatic N) is 3. The fourth-order valence-electron chi connectivity index (χ4n) is 3.50. The SMILES string of the molecule is Cc1cccnc1C(NC(=O)c1c2c(nn1C)CCC2)C(C)(C)C. The first-order chi connectivity index (χ1) is 11.3. The number of fused-ring (bicyclic) bond motifs is 1. The molecule has 1 amide bonds. The van der Waals surface area contributed by atoms with E-state index >= 15 is 0 Å². The fourth-order valence-corrected chi connectivity index (χ4v) is 3.50. The summed E-state index contributed by atoms with van der Waals surface area (Å²) in [5, 5.41) is 7.74. The molecule has 1 aliphatic rings. The standard InChI is InChI=1S/C19H26N4O/c1-12-8-7-11-20-15(12)17(19(2,3)4)21-18(24)16-13-9-6-10-14(13)22-23(16)5/h7-8,11,17H,6,9-10H2,1-5H3,(H,21,24). The summed E-state index contributed by atoms with van der Waals surface area (Å²) in [5.74, 6) is -0.0573. The van der Waals surface area contributed by atoms with Gasteiger partial charge in [-0.1, -0.05) is 26.8 Å². The molecule has 0 radical (unpaired) electrons. The van der Waals surface area contributed by atoms with Gasteiger partial charge in [-0.15, -0.1) is 0 Å². The van der Waals surface area contributed by atoms with Crippen molar-refractivity contribution in [1.29, 1.82) is 0 Å². The van der Waals surface area contributed by atoms with Crippen LogP contribution in [0.3, 0.4) is 0 Å². The Kier molecular flexibility index (Phi) is 4.20. The van der Waals surface area contributed by atoms with Gasteiger partial charge in [0.1, 0.15) is 5.69 Å². The molecule has 0 saturated heterocycles. The van der Waals surface area contributed by atoms with Crippen molar-refractivity contribution in [2.45, 2.75) is 53.0 Å². The van der Waals surface area contributed by atoms with E-state index in [0.717, 1.165) is 41.8 Å². The number of nitrogens with one attached hydrogen (secondary N) is 1. The molecule has 1 aliphatic carbocycles. The third-order valence-corrected chi connectivity index (χ3v) is 4.75. The molecule has 0 aromatic carbocycles. The molecule has 1 atom stereocenters. The number of carbonyl (C=O) groups excluding carboxylic acids is 1. The molecular weight excluding hydrogens is 300 g/mol. The molecule has 128 valence electrons. The van der Waals surface area contributed by atoms with Crippen molar-refractivity contribution in [1.82, 2.24) is 20.1 Å². The predicted molar refractivity (Wildman–Crippen MR) is 93.9 cm³/mol. The molecule has 2 aromatic rings. The normalized spacial score (nSPS) is 15.2. The summed E-state index contributed by atoms with van der Waals surface area (Å²) in [6.07, 6.45) is 4.78. The molecule has 0 aliphatic heterocycles. The Morgan fingerprint density at radius 1 is 1.33 bits per heavy atom. The lowest BCUT2D eigenvalue weighted by molar-refractivity contribution is 0.0888. The Labute approximate surface area is 143 Å². The molecule has 3 rings (SSSR count). The number of hydrogen-bond acceptors (Lipinski definition) is 3. The van der Waals surface area contributed by atoms with Gasteiger partial charge in [0.05, 0.1) is 17.4 Å². The van der Waals surface area contributed by atoms with Crippen LogP contribution in [0.5, 0.6) is 0 Å². The second-order valence-corrected chi connectivity index (χ2v) is 7.73.